The minimum Gasteiger partial charge on any atom is -0.496 e. The summed E-state index contributed by atoms with van der Waals surface area (Å²) in [7, 11) is 1.53. The quantitative estimate of drug-likeness (QED) is 0.478. The number of nitrogens with one attached hydrogen (secondary N) is 1. The summed E-state index contributed by atoms with van der Waals surface area (Å²) in [6.45, 7) is 7.23. The van der Waals surface area contributed by atoms with Crippen molar-refractivity contribution >= 4 is 46.0 Å². The summed E-state index contributed by atoms with van der Waals surface area (Å²) >= 11 is 2.75. The van der Waals surface area contributed by atoms with Gasteiger partial charge in [0.05, 0.1) is 23.1 Å². The van der Waals surface area contributed by atoms with Gasteiger partial charge in [-0.3, -0.25) is 19.7 Å². The maximum absolute atomic E-state index is 13.3. The zero-order chi connectivity index (χ0) is 24.9. The molecule has 182 valence electrons. The lowest BCUT2D eigenvalue weighted by molar-refractivity contribution is -0.127. The number of thiazole rings is 1. The first-order valence-electron chi connectivity index (χ1n) is 10.6. The fourth-order valence-electron chi connectivity index (χ4n) is 3.50. The number of rotatable bonds is 7. The minimum absolute atomic E-state index is 0.134. The van der Waals surface area contributed by atoms with Gasteiger partial charge in [-0.25, -0.2) is 9.97 Å². The molecule has 4 rings (SSSR count). The van der Waals surface area contributed by atoms with Gasteiger partial charge in [0.1, 0.15) is 12.0 Å². The van der Waals surface area contributed by atoms with Crippen LogP contribution in [-0.2, 0) is 4.79 Å². The van der Waals surface area contributed by atoms with Crippen LogP contribution in [0.3, 0.4) is 0 Å². The number of oxazole rings is 1. The molecule has 1 saturated heterocycles. The number of aromatic nitrogens is 2. The molecular weight excluding hydrogens is 490 g/mol. The van der Waals surface area contributed by atoms with Crippen LogP contribution in [0.15, 0.2) is 57.2 Å². The van der Waals surface area contributed by atoms with E-state index in [1.807, 2.05) is 19.1 Å². The Morgan fingerprint density at radius 3 is 2.60 bits per heavy atom. The lowest BCUT2D eigenvalue weighted by atomic mass is 10.1. The highest BCUT2D eigenvalue weighted by molar-refractivity contribution is 8.01. The van der Waals surface area contributed by atoms with Gasteiger partial charge in [-0.1, -0.05) is 29.7 Å². The second-order valence-corrected chi connectivity index (χ2v) is 9.93. The molecule has 0 radical (unpaired) electrons. The molecule has 1 N–H and O–H groups in total. The van der Waals surface area contributed by atoms with Crippen LogP contribution in [-0.4, -0.2) is 70.8 Å². The van der Waals surface area contributed by atoms with Gasteiger partial charge in [0.25, 0.3) is 11.8 Å². The highest BCUT2D eigenvalue weighted by Crippen LogP contribution is 2.38. The topological polar surface area (TPSA) is 118 Å². The number of anilines is 1. The zero-order valence-electron chi connectivity index (χ0n) is 19.1. The van der Waals surface area contributed by atoms with Crippen molar-refractivity contribution in [2.75, 3.05) is 38.6 Å². The van der Waals surface area contributed by atoms with Crippen LogP contribution in [0, 0.1) is 6.92 Å². The molecule has 12 heteroatoms. The van der Waals surface area contributed by atoms with Crippen molar-refractivity contribution in [1.29, 1.82) is 0 Å². The average molecular weight is 514 g/mol. The molecule has 0 saturated carbocycles. The Morgan fingerprint density at radius 2 is 1.94 bits per heavy atom. The van der Waals surface area contributed by atoms with E-state index in [0.717, 1.165) is 14.7 Å². The Balaban J connectivity index is 1.48. The Morgan fingerprint density at radius 1 is 1.20 bits per heavy atom. The SMILES string of the molecule is C=CC(=O)N1CCN(C(=O)c2cc(Sc3cnc(NC(=O)c4cocn4)s3)c(C)cc2OC)CC1. The maximum atomic E-state index is 13.3. The standard InChI is InChI=1S/C23H23N5O5S2/c1-4-19(29)27-5-7-28(8-6-27)22(31)15-10-18(14(2)9-17(15)32-3)34-20-11-24-23(35-20)26-21(30)16-12-33-13-25-16/h4,9-13H,1,5-8H2,2-3H3,(H,24,26,30). The van der Waals surface area contributed by atoms with Crippen molar-refractivity contribution < 1.29 is 23.5 Å². The van der Waals surface area contributed by atoms with Crippen molar-refractivity contribution in [2.45, 2.75) is 16.0 Å². The Bertz CT molecular complexity index is 1250. The lowest BCUT2D eigenvalue weighted by Gasteiger charge is -2.34. The van der Waals surface area contributed by atoms with Gasteiger partial charge < -0.3 is 19.0 Å². The molecular formula is C23H23N5O5S2. The summed E-state index contributed by atoms with van der Waals surface area (Å²) in [5.74, 6) is -0.205. The summed E-state index contributed by atoms with van der Waals surface area (Å²) < 4.78 is 11.2. The molecule has 0 unspecified atom stereocenters. The number of aryl methyl sites for hydroxylation is 1. The largest absolute Gasteiger partial charge is 0.496 e. The Hall–Kier alpha value is -3.64. The van der Waals surface area contributed by atoms with E-state index in [0.29, 0.717) is 42.6 Å². The van der Waals surface area contributed by atoms with Crippen molar-refractivity contribution in [1.82, 2.24) is 19.8 Å². The first kappa shape index (κ1) is 24.5. The number of amides is 3. The summed E-state index contributed by atoms with van der Waals surface area (Å²) in [4.78, 5) is 49.6. The molecule has 2 aromatic heterocycles. The van der Waals surface area contributed by atoms with E-state index in [-0.39, 0.29) is 17.5 Å². The molecule has 0 aliphatic carbocycles. The molecule has 0 spiro atoms. The molecule has 3 amide bonds. The first-order chi connectivity index (χ1) is 16.9. The first-order valence-corrected chi connectivity index (χ1v) is 12.3. The Labute approximate surface area is 210 Å². The van der Waals surface area contributed by atoms with Crippen LogP contribution >= 0.6 is 23.1 Å². The van der Waals surface area contributed by atoms with E-state index in [1.54, 1.807) is 16.0 Å². The number of hydrogen-bond acceptors (Lipinski definition) is 9. The van der Waals surface area contributed by atoms with Crippen molar-refractivity contribution in [3.05, 3.63) is 60.5 Å². The van der Waals surface area contributed by atoms with E-state index in [4.69, 9.17) is 9.15 Å². The van der Waals surface area contributed by atoms with E-state index >= 15 is 0 Å². The molecule has 3 heterocycles. The normalized spacial score (nSPS) is 13.4. The lowest BCUT2D eigenvalue weighted by Crippen LogP contribution is -2.50. The summed E-state index contributed by atoms with van der Waals surface area (Å²) in [6.07, 6.45) is 5.39. The number of hydrogen-bond donors (Lipinski definition) is 1. The summed E-state index contributed by atoms with van der Waals surface area (Å²) in [5, 5.41) is 3.12. The van der Waals surface area contributed by atoms with Gasteiger partial charge in [0, 0.05) is 31.1 Å². The van der Waals surface area contributed by atoms with Crippen molar-refractivity contribution in [2.24, 2.45) is 0 Å². The minimum atomic E-state index is -0.409. The number of carbonyl (C=O) groups is 3. The van der Waals surface area contributed by atoms with Crippen molar-refractivity contribution in [3.63, 3.8) is 0 Å². The molecule has 1 aliphatic rings. The third-order valence-electron chi connectivity index (χ3n) is 5.36. The number of methoxy groups -OCH3 is 1. The monoisotopic (exact) mass is 513 g/mol. The van der Waals surface area contributed by atoms with E-state index in [1.165, 1.54) is 48.9 Å². The van der Waals surface area contributed by atoms with Crippen molar-refractivity contribution in [3.8, 4) is 5.75 Å². The molecule has 0 atom stereocenters. The van der Waals surface area contributed by atoms with Crippen LogP contribution < -0.4 is 10.1 Å². The molecule has 10 nitrogen and oxygen atoms in total. The van der Waals surface area contributed by atoms with Gasteiger partial charge in [0.2, 0.25) is 5.91 Å². The summed E-state index contributed by atoms with van der Waals surface area (Å²) in [5.41, 5.74) is 1.55. The second-order valence-electron chi connectivity index (χ2n) is 7.55. The predicted molar refractivity (Wildman–Crippen MR) is 131 cm³/mol. The summed E-state index contributed by atoms with van der Waals surface area (Å²) in [6, 6.07) is 3.65. The fourth-order valence-corrected chi connectivity index (χ4v) is 5.43. The van der Waals surface area contributed by atoms with Gasteiger partial charge in [-0.15, -0.1) is 0 Å². The number of ether oxygens (including phenoxy) is 1. The van der Waals surface area contributed by atoms with Crippen LogP contribution in [0.4, 0.5) is 5.13 Å². The number of carbonyl (C=O) groups excluding carboxylic acids is 3. The molecule has 1 aliphatic heterocycles. The van der Waals surface area contributed by atoms with Gasteiger partial charge in [-0.2, -0.15) is 0 Å². The Kier molecular flexibility index (Phi) is 7.51. The average Bonchev–Trinajstić information content (AvgIpc) is 3.57. The number of nitrogens with zero attached hydrogens (tertiary/aromatic N) is 4. The maximum Gasteiger partial charge on any atom is 0.279 e. The van der Waals surface area contributed by atoms with E-state index < -0.39 is 5.91 Å². The third kappa shape index (κ3) is 5.54. The van der Waals surface area contributed by atoms with E-state index in [9.17, 15) is 14.4 Å². The highest BCUT2D eigenvalue weighted by Gasteiger charge is 2.26. The molecule has 0 bridgehead atoms. The van der Waals surface area contributed by atoms with Gasteiger partial charge in [-0.05, 0) is 30.7 Å². The predicted octanol–water partition coefficient (Wildman–Crippen LogP) is 3.32. The van der Waals surface area contributed by atoms with Gasteiger partial charge >= 0.3 is 0 Å². The molecule has 3 aromatic rings. The smallest absolute Gasteiger partial charge is 0.279 e. The molecule has 35 heavy (non-hydrogen) atoms. The molecule has 1 aromatic carbocycles. The van der Waals surface area contributed by atoms with Gasteiger partial charge in [0.15, 0.2) is 17.2 Å². The number of benzene rings is 1. The number of piperazine rings is 1. The highest BCUT2D eigenvalue weighted by atomic mass is 32.2. The second kappa shape index (κ2) is 10.7. The third-order valence-corrected chi connectivity index (χ3v) is 7.53. The molecule has 1 fully saturated rings. The zero-order valence-corrected chi connectivity index (χ0v) is 20.8. The van der Waals surface area contributed by atoms with Crippen LogP contribution in [0.1, 0.15) is 26.4 Å². The van der Waals surface area contributed by atoms with Crippen LogP contribution in [0.25, 0.3) is 0 Å². The van der Waals surface area contributed by atoms with E-state index in [2.05, 4.69) is 21.9 Å². The van der Waals surface area contributed by atoms with Crippen LogP contribution in [0.5, 0.6) is 5.75 Å². The fraction of sp³-hybridized carbons (Fsp3) is 0.261. The van der Waals surface area contributed by atoms with Crippen LogP contribution in [0.2, 0.25) is 0 Å².